The summed E-state index contributed by atoms with van der Waals surface area (Å²) in [4.78, 5) is 9.30. The molecule has 1 saturated heterocycles. The Labute approximate surface area is 192 Å². The van der Waals surface area contributed by atoms with Gasteiger partial charge in [-0.1, -0.05) is 24.3 Å². The van der Waals surface area contributed by atoms with Gasteiger partial charge in [0.05, 0.1) is 13.7 Å². The third kappa shape index (κ3) is 7.14. The highest BCUT2D eigenvalue weighted by Crippen LogP contribution is 2.30. The van der Waals surface area contributed by atoms with Gasteiger partial charge in [-0.25, -0.2) is 0 Å². The second kappa shape index (κ2) is 12.3. The maximum Gasteiger partial charge on any atom is 0.195 e. The van der Waals surface area contributed by atoms with Crippen molar-refractivity contribution in [3.05, 3.63) is 53.6 Å². The molecule has 2 aromatic carbocycles. The summed E-state index contributed by atoms with van der Waals surface area (Å²) in [7, 11) is 5.62. The minimum atomic E-state index is 0.598. The maximum atomic E-state index is 5.58. The van der Waals surface area contributed by atoms with Crippen LogP contribution in [0.2, 0.25) is 0 Å². The molecule has 7 nitrogen and oxygen atoms in total. The molecule has 32 heavy (non-hydrogen) atoms. The Hall–Kier alpha value is -2.77. The first kappa shape index (κ1) is 23.9. The van der Waals surface area contributed by atoms with E-state index in [-0.39, 0.29) is 0 Å². The molecule has 0 spiro atoms. The van der Waals surface area contributed by atoms with E-state index in [1.165, 1.54) is 30.6 Å². The molecule has 2 N–H and O–H groups in total. The number of nitrogens with zero attached hydrogens (tertiary/aromatic N) is 3. The van der Waals surface area contributed by atoms with Crippen LogP contribution in [0.4, 0.5) is 5.69 Å². The van der Waals surface area contributed by atoms with Crippen LogP contribution >= 0.6 is 0 Å². The van der Waals surface area contributed by atoms with Gasteiger partial charge < -0.3 is 25.0 Å². The fourth-order valence-electron chi connectivity index (χ4n) is 3.80. The number of likely N-dealkylation sites (N-methyl/N-ethyl adjacent to an activating group) is 1. The molecule has 0 atom stereocenters. The van der Waals surface area contributed by atoms with Gasteiger partial charge >= 0.3 is 0 Å². The van der Waals surface area contributed by atoms with Crippen LogP contribution in [0.15, 0.2) is 47.5 Å². The molecule has 2 aromatic rings. The van der Waals surface area contributed by atoms with Crippen LogP contribution in [0.25, 0.3) is 0 Å². The third-order valence-corrected chi connectivity index (χ3v) is 5.65. The van der Waals surface area contributed by atoms with Crippen molar-refractivity contribution in [3.63, 3.8) is 0 Å². The van der Waals surface area contributed by atoms with Crippen LogP contribution < -0.4 is 20.1 Å². The minimum Gasteiger partial charge on any atom is -0.493 e. The van der Waals surface area contributed by atoms with Gasteiger partial charge in [0.15, 0.2) is 17.5 Å². The molecule has 1 heterocycles. The summed E-state index contributed by atoms with van der Waals surface area (Å²) in [5.41, 5.74) is 3.47. The predicted molar refractivity (Wildman–Crippen MR) is 132 cm³/mol. The lowest BCUT2D eigenvalue weighted by molar-refractivity contribution is 0.269. The summed E-state index contributed by atoms with van der Waals surface area (Å²) in [6.45, 7) is 8.92. The normalized spacial score (nSPS) is 15.8. The standard InChI is InChI=1S/C25H37N5O2/c1-5-32-23-12-11-22(17-24(23)31-4)28-25(26-2)27-18-20-7-9-21(10-8-20)19-30-14-6-13-29(3)15-16-30/h7-12,17H,5-6,13-16,18-19H2,1-4H3,(H2,26,27,28). The largest absolute Gasteiger partial charge is 0.493 e. The predicted octanol–water partition coefficient (Wildman–Crippen LogP) is 3.42. The topological polar surface area (TPSA) is 61.4 Å². The third-order valence-electron chi connectivity index (χ3n) is 5.65. The Morgan fingerprint density at radius 3 is 2.50 bits per heavy atom. The zero-order chi connectivity index (χ0) is 22.8. The molecule has 0 unspecified atom stereocenters. The lowest BCUT2D eigenvalue weighted by Gasteiger charge is -2.20. The Kier molecular flexibility index (Phi) is 9.19. The minimum absolute atomic E-state index is 0.598. The number of benzene rings is 2. The van der Waals surface area contributed by atoms with Crippen LogP contribution in [0.3, 0.4) is 0 Å². The molecule has 1 aliphatic heterocycles. The molecular formula is C25H37N5O2. The van der Waals surface area contributed by atoms with E-state index in [4.69, 9.17) is 9.47 Å². The SMILES string of the molecule is CCOc1ccc(NC(=NC)NCc2ccc(CN3CCCN(C)CC3)cc2)cc1OC. The van der Waals surface area contributed by atoms with Gasteiger partial charge in [0, 0.05) is 45.0 Å². The Balaban J connectivity index is 1.51. The lowest BCUT2D eigenvalue weighted by atomic mass is 10.1. The van der Waals surface area contributed by atoms with Crippen LogP contribution in [-0.4, -0.2) is 69.8 Å². The Bertz CT molecular complexity index is 869. The molecule has 7 heteroatoms. The van der Waals surface area contributed by atoms with Crippen LogP contribution in [0, 0.1) is 0 Å². The zero-order valence-electron chi connectivity index (χ0n) is 19.9. The molecule has 0 bridgehead atoms. The molecule has 3 rings (SSSR count). The van der Waals surface area contributed by atoms with E-state index in [0.717, 1.165) is 31.1 Å². The van der Waals surface area contributed by atoms with Crippen molar-refractivity contribution in [1.82, 2.24) is 15.1 Å². The van der Waals surface area contributed by atoms with Gasteiger partial charge in [-0.05, 0) is 56.7 Å². The van der Waals surface area contributed by atoms with E-state index in [2.05, 4.69) is 56.7 Å². The summed E-state index contributed by atoms with van der Waals surface area (Å²) in [6, 6.07) is 14.6. The summed E-state index contributed by atoms with van der Waals surface area (Å²) in [5.74, 6) is 2.13. The summed E-state index contributed by atoms with van der Waals surface area (Å²) >= 11 is 0. The van der Waals surface area contributed by atoms with Crippen molar-refractivity contribution in [2.75, 3.05) is 59.3 Å². The molecule has 0 saturated carbocycles. The van der Waals surface area contributed by atoms with E-state index in [0.29, 0.717) is 24.9 Å². The van der Waals surface area contributed by atoms with Gasteiger partial charge in [-0.3, -0.25) is 9.89 Å². The lowest BCUT2D eigenvalue weighted by Crippen LogP contribution is -2.30. The summed E-state index contributed by atoms with van der Waals surface area (Å²) in [5, 5.41) is 6.69. The van der Waals surface area contributed by atoms with Crippen molar-refractivity contribution in [2.45, 2.75) is 26.4 Å². The number of rotatable bonds is 8. The number of methoxy groups -OCH3 is 1. The average Bonchev–Trinajstić information content (AvgIpc) is 3.02. The number of aliphatic imine (C=N–C) groups is 1. The smallest absolute Gasteiger partial charge is 0.195 e. The summed E-state index contributed by atoms with van der Waals surface area (Å²) in [6.07, 6.45) is 1.24. The number of guanidine groups is 1. The van der Waals surface area contributed by atoms with E-state index in [9.17, 15) is 0 Å². The van der Waals surface area contributed by atoms with E-state index in [1.54, 1.807) is 14.2 Å². The average molecular weight is 440 g/mol. The van der Waals surface area contributed by atoms with E-state index in [1.807, 2.05) is 25.1 Å². The van der Waals surface area contributed by atoms with E-state index < -0.39 is 0 Å². The second-order valence-electron chi connectivity index (χ2n) is 8.10. The highest BCUT2D eigenvalue weighted by molar-refractivity contribution is 5.93. The van der Waals surface area contributed by atoms with Crippen molar-refractivity contribution < 1.29 is 9.47 Å². The summed E-state index contributed by atoms with van der Waals surface area (Å²) < 4.78 is 11.0. The van der Waals surface area contributed by atoms with Gasteiger partial charge in [0.25, 0.3) is 0 Å². The monoisotopic (exact) mass is 439 g/mol. The van der Waals surface area contributed by atoms with Gasteiger partial charge in [-0.2, -0.15) is 0 Å². The maximum absolute atomic E-state index is 5.58. The zero-order valence-corrected chi connectivity index (χ0v) is 19.9. The number of hydrogen-bond donors (Lipinski definition) is 2. The second-order valence-corrected chi connectivity index (χ2v) is 8.10. The van der Waals surface area contributed by atoms with Gasteiger partial charge in [0.2, 0.25) is 0 Å². The molecule has 1 aliphatic rings. The van der Waals surface area contributed by atoms with Crippen molar-refractivity contribution >= 4 is 11.6 Å². The molecule has 0 radical (unpaired) electrons. The van der Waals surface area contributed by atoms with Gasteiger partial charge in [-0.15, -0.1) is 0 Å². The molecule has 0 aromatic heterocycles. The fourth-order valence-corrected chi connectivity index (χ4v) is 3.80. The molecule has 1 fully saturated rings. The Morgan fingerprint density at radius 1 is 1.00 bits per heavy atom. The number of ether oxygens (including phenoxy) is 2. The number of anilines is 1. The highest BCUT2D eigenvalue weighted by Gasteiger charge is 2.12. The Morgan fingerprint density at radius 2 is 1.78 bits per heavy atom. The first-order chi connectivity index (χ1) is 15.6. The molecular weight excluding hydrogens is 402 g/mol. The first-order valence-corrected chi connectivity index (χ1v) is 11.4. The van der Waals surface area contributed by atoms with Crippen LogP contribution in [0.5, 0.6) is 11.5 Å². The van der Waals surface area contributed by atoms with Crippen molar-refractivity contribution in [3.8, 4) is 11.5 Å². The van der Waals surface area contributed by atoms with Crippen LogP contribution in [-0.2, 0) is 13.1 Å². The quantitative estimate of drug-likeness (QED) is 0.486. The molecule has 174 valence electrons. The molecule has 0 aliphatic carbocycles. The van der Waals surface area contributed by atoms with Gasteiger partial charge in [0.1, 0.15) is 0 Å². The van der Waals surface area contributed by atoms with Crippen molar-refractivity contribution in [2.24, 2.45) is 4.99 Å². The fraction of sp³-hybridized carbons (Fsp3) is 0.480. The van der Waals surface area contributed by atoms with Crippen LogP contribution in [0.1, 0.15) is 24.5 Å². The van der Waals surface area contributed by atoms with Crippen molar-refractivity contribution in [1.29, 1.82) is 0 Å². The first-order valence-electron chi connectivity index (χ1n) is 11.4. The number of hydrogen-bond acceptors (Lipinski definition) is 5. The molecule has 0 amide bonds. The number of nitrogens with one attached hydrogen (secondary N) is 2. The highest BCUT2D eigenvalue weighted by atomic mass is 16.5. The van der Waals surface area contributed by atoms with E-state index >= 15 is 0 Å².